The van der Waals surface area contributed by atoms with E-state index in [4.69, 9.17) is 9.47 Å². The smallest absolute Gasteiger partial charge is 0.343 e. The molecular formula is C32H35NO4. The van der Waals surface area contributed by atoms with E-state index in [1.54, 1.807) is 0 Å². The summed E-state index contributed by atoms with van der Waals surface area (Å²) in [5, 5.41) is 6.30. The average molecular weight is 498 g/mol. The number of benzene rings is 3. The van der Waals surface area contributed by atoms with Crippen LogP contribution >= 0.6 is 0 Å². The molecule has 5 nitrogen and oxygen atoms in total. The number of para-hydroxylation sites is 1. The molecule has 0 saturated carbocycles. The number of esters is 1. The maximum Gasteiger partial charge on any atom is 0.343 e. The minimum absolute atomic E-state index is 0.0684. The fourth-order valence-corrected chi connectivity index (χ4v) is 5.67. The molecule has 0 saturated heterocycles. The lowest BCUT2D eigenvalue weighted by molar-refractivity contribution is -0.144. The molecule has 0 spiro atoms. The summed E-state index contributed by atoms with van der Waals surface area (Å²) in [5.41, 5.74) is 2.56. The first kappa shape index (κ1) is 25.1. The van der Waals surface area contributed by atoms with Gasteiger partial charge in [-0.1, -0.05) is 73.7 Å². The van der Waals surface area contributed by atoms with E-state index < -0.39 is 0 Å². The van der Waals surface area contributed by atoms with Crippen LogP contribution in [0.15, 0.2) is 90.7 Å². The van der Waals surface area contributed by atoms with E-state index in [9.17, 15) is 4.79 Å². The molecule has 5 atom stereocenters. The Morgan fingerprint density at radius 1 is 1.08 bits per heavy atom. The quantitative estimate of drug-likeness (QED) is 0.369. The van der Waals surface area contributed by atoms with Crippen molar-refractivity contribution in [3.8, 4) is 5.75 Å². The second kappa shape index (κ2) is 11.2. The van der Waals surface area contributed by atoms with Gasteiger partial charge in [0.15, 0.2) is 6.61 Å². The fourth-order valence-electron chi connectivity index (χ4n) is 5.67. The summed E-state index contributed by atoms with van der Waals surface area (Å²) in [5.74, 6) is 2.22. The molecule has 1 heterocycles. The van der Waals surface area contributed by atoms with Crippen LogP contribution in [0.3, 0.4) is 0 Å². The lowest BCUT2D eigenvalue weighted by atomic mass is 9.73. The molecule has 5 unspecified atom stereocenters. The van der Waals surface area contributed by atoms with Crippen molar-refractivity contribution in [3.05, 3.63) is 102 Å². The number of allylic oxidation sites excluding steroid dienone is 3. The number of hydrogen-bond acceptors (Lipinski definition) is 5. The van der Waals surface area contributed by atoms with Gasteiger partial charge in [-0.2, -0.15) is 0 Å². The molecule has 5 heteroatoms. The van der Waals surface area contributed by atoms with Gasteiger partial charge in [-0.25, -0.2) is 4.79 Å². The van der Waals surface area contributed by atoms with Crippen molar-refractivity contribution < 1.29 is 19.0 Å². The number of methoxy groups -OCH3 is 1. The second-order valence-electron chi connectivity index (χ2n) is 10.0. The van der Waals surface area contributed by atoms with Crippen LogP contribution in [0.2, 0.25) is 0 Å². The first-order valence-corrected chi connectivity index (χ1v) is 13.1. The molecule has 1 aliphatic carbocycles. The number of hydrogen-bond donors (Lipinski definition) is 1. The number of carbonyl (C=O) groups is 1. The van der Waals surface area contributed by atoms with Gasteiger partial charge < -0.3 is 19.5 Å². The Bertz CT molecular complexity index is 1310. The van der Waals surface area contributed by atoms with Crippen LogP contribution in [0.4, 0.5) is 0 Å². The first-order chi connectivity index (χ1) is 18.0. The summed E-state index contributed by atoms with van der Waals surface area (Å²) in [6.45, 7) is 5.13. The van der Waals surface area contributed by atoms with Crippen LogP contribution in [-0.4, -0.2) is 32.3 Å². The number of nitrogens with one attached hydrogen (secondary N) is 1. The Balaban J connectivity index is 1.29. The van der Waals surface area contributed by atoms with Crippen LogP contribution in [0.1, 0.15) is 43.4 Å². The van der Waals surface area contributed by atoms with Crippen molar-refractivity contribution >= 4 is 16.7 Å². The van der Waals surface area contributed by atoms with Crippen LogP contribution in [0.25, 0.3) is 10.8 Å². The molecule has 0 bridgehead atoms. The molecular weight excluding hydrogens is 462 g/mol. The molecule has 37 heavy (non-hydrogen) atoms. The van der Waals surface area contributed by atoms with E-state index in [2.05, 4.69) is 96.7 Å². The summed E-state index contributed by atoms with van der Waals surface area (Å²) in [6, 6.07) is 23.7. The maximum absolute atomic E-state index is 11.5. The summed E-state index contributed by atoms with van der Waals surface area (Å²) >= 11 is 0. The van der Waals surface area contributed by atoms with Crippen molar-refractivity contribution in [1.29, 1.82) is 0 Å². The van der Waals surface area contributed by atoms with Crippen LogP contribution < -0.4 is 10.1 Å². The molecule has 1 N–H and O–H groups in total. The van der Waals surface area contributed by atoms with Gasteiger partial charge in [0.1, 0.15) is 17.6 Å². The molecule has 2 aliphatic rings. The monoisotopic (exact) mass is 497 g/mol. The Hall–Kier alpha value is -3.57. The minimum atomic E-state index is -0.379. The van der Waals surface area contributed by atoms with Gasteiger partial charge in [0.05, 0.1) is 7.11 Å². The van der Waals surface area contributed by atoms with Crippen molar-refractivity contribution in [1.82, 2.24) is 5.32 Å². The molecule has 0 fully saturated rings. The van der Waals surface area contributed by atoms with Crippen LogP contribution in [0, 0.1) is 11.8 Å². The molecule has 0 radical (unpaired) electrons. The van der Waals surface area contributed by atoms with E-state index in [0.717, 1.165) is 24.5 Å². The zero-order valence-corrected chi connectivity index (χ0v) is 21.7. The largest absolute Gasteiger partial charge is 0.489 e. The molecule has 0 amide bonds. The average Bonchev–Trinajstić information content (AvgIpc) is 2.94. The minimum Gasteiger partial charge on any atom is -0.489 e. The zero-order valence-electron chi connectivity index (χ0n) is 21.7. The van der Waals surface area contributed by atoms with Crippen LogP contribution in [-0.2, 0) is 14.3 Å². The number of fused-ring (bicyclic) bond motifs is 2. The highest BCUT2D eigenvalue weighted by molar-refractivity contribution is 5.86. The Morgan fingerprint density at radius 2 is 1.86 bits per heavy atom. The molecule has 5 rings (SSSR count). The third-order valence-electron chi connectivity index (χ3n) is 7.64. The van der Waals surface area contributed by atoms with Gasteiger partial charge in [-0.15, -0.1) is 0 Å². The summed E-state index contributed by atoms with van der Waals surface area (Å²) in [7, 11) is 1.37. The van der Waals surface area contributed by atoms with Crippen LogP contribution in [0.5, 0.6) is 5.75 Å². The van der Waals surface area contributed by atoms with Gasteiger partial charge in [0.25, 0.3) is 0 Å². The van der Waals surface area contributed by atoms with E-state index >= 15 is 0 Å². The Kier molecular flexibility index (Phi) is 7.61. The topological polar surface area (TPSA) is 56.8 Å². The predicted molar refractivity (Wildman–Crippen MR) is 146 cm³/mol. The molecule has 3 aromatic carbocycles. The summed E-state index contributed by atoms with van der Waals surface area (Å²) < 4.78 is 16.8. The van der Waals surface area contributed by atoms with Gasteiger partial charge in [-0.3, -0.25) is 0 Å². The third-order valence-corrected chi connectivity index (χ3v) is 7.64. The summed E-state index contributed by atoms with van der Waals surface area (Å²) in [6.07, 6.45) is 7.33. The lowest BCUT2D eigenvalue weighted by Crippen LogP contribution is -2.38. The Labute approximate surface area is 219 Å². The van der Waals surface area contributed by atoms with Crippen molar-refractivity contribution in [2.45, 2.75) is 38.3 Å². The standard InChI is InChI=1S/C32H35NO4/c1-21-17-24(36-20-32(34)35-3)15-16-26(21)30-18-25(37-31-14-7-6-12-29(30)31)19-33-22(2)27-13-8-10-23-9-4-5-11-28(23)27/h4-17,21-22,25-26,30,33H,18-20H2,1-3H3. The fraction of sp³-hybridized carbons (Fsp3) is 0.344. The van der Waals surface area contributed by atoms with Gasteiger partial charge in [0, 0.05) is 12.6 Å². The molecule has 192 valence electrons. The van der Waals surface area contributed by atoms with E-state index in [-0.39, 0.29) is 30.6 Å². The third kappa shape index (κ3) is 5.57. The van der Waals surface area contributed by atoms with Crippen molar-refractivity contribution in [3.63, 3.8) is 0 Å². The number of ether oxygens (including phenoxy) is 3. The highest BCUT2D eigenvalue weighted by Gasteiger charge is 2.35. The second-order valence-corrected chi connectivity index (χ2v) is 10.0. The van der Waals surface area contributed by atoms with E-state index in [1.165, 1.54) is 29.0 Å². The molecule has 1 aliphatic heterocycles. The van der Waals surface area contributed by atoms with Crippen molar-refractivity contribution in [2.24, 2.45) is 11.8 Å². The zero-order chi connectivity index (χ0) is 25.8. The molecule has 3 aromatic rings. The highest BCUT2D eigenvalue weighted by Crippen LogP contribution is 2.45. The van der Waals surface area contributed by atoms with E-state index in [0.29, 0.717) is 11.8 Å². The highest BCUT2D eigenvalue weighted by atomic mass is 16.6. The molecule has 0 aromatic heterocycles. The number of carbonyl (C=O) groups excluding carboxylic acids is 1. The van der Waals surface area contributed by atoms with E-state index in [1.807, 2.05) is 12.1 Å². The predicted octanol–water partition coefficient (Wildman–Crippen LogP) is 6.32. The SMILES string of the molecule is COC(=O)COC1=CC(C)C(C2CC(CNC(C)c3cccc4ccccc34)Oc3ccccc32)C=C1. The lowest BCUT2D eigenvalue weighted by Gasteiger charge is -2.38. The number of rotatable bonds is 8. The van der Waals surface area contributed by atoms with Gasteiger partial charge >= 0.3 is 5.97 Å². The van der Waals surface area contributed by atoms with Gasteiger partial charge in [-0.05, 0) is 71.2 Å². The van der Waals surface area contributed by atoms with Crippen molar-refractivity contribution in [2.75, 3.05) is 20.3 Å². The maximum atomic E-state index is 11.5. The Morgan fingerprint density at radius 3 is 2.70 bits per heavy atom. The normalized spacial score (nSPS) is 23.5. The first-order valence-electron chi connectivity index (χ1n) is 13.1. The summed E-state index contributed by atoms with van der Waals surface area (Å²) in [4.78, 5) is 11.5. The van der Waals surface area contributed by atoms with Gasteiger partial charge in [0.2, 0.25) is 0 Å².